The number of fused-ring (bicyclic) bond motifs is 1. The van der Waals surface area contributed by atoms with Crippen molar-refractivity contribution in [2.24, 2.45) is 5.92 Å². The minimum Gasteiger partial charge on any atom is -0.507 e. The average molecular weight is 350 g/mol. The average Bonchev–Trinajstić information content (AvgIpc) is 2.46. The van der Waals surface area contributed by atoms with Crippen LogP contribution in [0.3, 0.4) is 0 Å². The molecule has 0 saturated carbocycles. The molecule has 1 aliphatic carbocycles. The van der Waals surface area contributed by atoms with E-state index in [1.54, 1.807) is 0 Å². The van der Waals surface area contributed by atoms with Crippen molar-refractivity contribution >= 4 is 17.3 Å². The number of rotatable bonds is 2. The summed E-state index contributed by atoms with van der Waals surface area (Å²) in [6.45, 7) is 0. The summed E-state index contributed by atoms with van der Waals surface area (Å²) in [5.41, 5.74) is -1.24. The summed E-state index contributed by atoms with van der Waals surface area (Å²) < 4.78 is 74.9. The monoisotopic (exact) mass is 350 g/mol. The SMILES string of the molecule is O=C1C(=O)c2ccccc2C(O)=C1/C=C/C(C(F)(F)F)C(F)(F)F. The van der Waals surface area contributed by atoms with Crippen LogP contribution >= 0.6 is 0 Å². The molecule has 2 rings (SSSR count). The van der Waals surface area contributed by atoms with E-state index >= 15 is 0 Å². The Bertz CT molecular complexity index is 741. The highest BCUT2D eigenvalue weighted by Gasteiger charge is 2.55. The Morgan fingerprint density at radius 2 is 1.38 bits per heavy atom. The molecule has 0 heterocycles. The second-order valence-electron chi connectivity index (χ2n) is 4.89. The van der Waals surface area contributed by atoms with Gasteiger partial charge in [0.2, 0.25) is 11.6 Å². The number of carbonyl (C=O) groups excluding carboxylic acids is 2. The van der Waals surface area contributed by atoms with Crippen molar-refractivity contribution in [2.75, 3.05) is 0 Å². The van der Waals surface area contributed by atoms with Crippen molar-refractivity contribution in [1.29, 1.82) is 0 Å². The van der Waals surface area contributed by atoms with Crippen LogP contribution in [0.5, 0.6) is 0 Å². The molecule has 0 aliphatic heterocycles. The zero-order valence-electron chi connectivity index (χ0n) is 11.6. The molecular weight excluding hydrogens is 342 g/mol. The second kappa shape index (κ2) is 5.81. The van der Waals surface area contributed by atoms with Crippen LogP contribution in [-0.2, 0) is 4.79 Å². The van der Waals surface area contributed by atoms with E-state index in [1.807, 2.05) is 0 Å². The quantitative estimate of drug-likeness (QED) is 0.648. The Kier molecular flexibility index (Phi) is 4.30. The van der Waals surface area contributed by atoms with Gasteiger partial charge in [-0.1, -0.05) is 36.4 Å². The van der Waals surface area contributed by atoms with Gasteiger partial charge in [-0.25, -0.2) is 0 Å². The van der Waals surface area contributed by atoms with Crippen molar-refractivity contribution in [3.05, 3.63) is 53.1 Å². The highest BCUT2D eigenvalue weighted by Crippen LogP contribution is 2.40. The molecule has 24 heavy (non-hydrogen) atoms. The molecule has 3 nitrogen and oxygen atoms in total. The molecule has 0 amide bonds. The number of aliphatic hydroxyl groups excluding tert-OH is 1. The molecular formula is C15H8F6O3. The van der Waals surface area contributed by atoms with Crippen LogP contribution < -0.4 is 0 Å². The minimum absolute atomic E-state index is 0.141. The highest BCUT2D eigenvalue weighted by molar-refractivity contribution is 6.52. The van der Waals surface area contributed by atoms with Gasteiger partial charge in [-0.15, -0.1) is 0 Å². The largest absolute Gasteiger partial charge is 0.507 e. The Morgan fingerprint density at radius 1 is 0.875 bits per heavy atom. The van der Waals surface area contributed by atoms with E-state index < -0.39 is 41.2 Å². The van der Waals surface area contributed by atoms with Gasteiger partial charge in [-0.3, -0.25) is 9.59 Å². The number of aliphatic hydroxyl groups is 1. The summed E-state index contributed by atoms with van der Waals surface area (Å²) >= 11 is 0. The number of carbonyl (C=O) groups is 2. The van der Waals surface area contributed by atoms with E-state index in [9.17, 15) is 41.0 Å². The van der Waals surface area contributed by atoms with E-state index in [-0.39, 0.29) is 23.3 Å². The number of halogens is 6. The third-order valence-corrected chi connectivity index (χ3v) is 3.29. The normalized spacial score (nSPS) is 16.3. The molecule has 1 aromatic rings. The lowest BCUT2D eigenvalue weighted by Gasteiger charge is -2.20. The number of Topliss-reactive ketones (excluding diaryl/α,β-unsaturated/α-hetero) is 2. The van der Waals surface area contributed by atoms with Gasteiger partial charge >= 0.3 is 12.4 Å². The predicted octanol–water partition coefficient (Wildman–Crippen LogP) is 4.02. The summed E-state index contributed by atoms with van der Waals surface area (Å²) in [5, 5.41) is 9.92. The summed E-state index contributed by atoms with van der Waals surface area (Å²) in [4.78, 5) is 23.7. The molecule has 0 bridgehead atoms. The predicted molar refractivity (Wildman–Crippen MR) is 70.1 cm³/mol. The summed E-state index contributed by atoms with van der Waals surface area (Å²) in [6, 6.07) is 5.20. The molecule has 0 spiro atoms. The number of hydrogen-bond donors (Lipinski definition) is 1. The minimum atomic E-state index is -5.63. The van der Waals surface area contributed by atoms with E-state index in [0.717, 1.165) is 0 Å². The number of hydrogen-bond acceptors (Lipinski definition) is 3. The van der Waals surface area contributed by atoms with Gasteiger partial charge in [0, 0.05) is 11.1 Å². The first-order chi connectivity index (χ1) is 10.9. The Morgan fingerprint density at radius 3 is 1.88 bits per heavy atom. The van der Waals surface area contributed by atoms with Gasteiger partial charge in [0.15, 0.2) is 5.92 Å². The standard InChI is InChI=1S/C15H8F6O3/c16-14(17,18)10(15(19,20)21)6-5-9-11(22)7-3-1-2-4-8(7)12(23)13(9)24/h1-6,10,22H/b6-5+. The lowest BCUT2D eigenvalue weighted by atomic mass is 9.88. The van der Waals surface area contributed by atoms with Gasteiger partial charge < -0.3 is 5.11 Å². The summed E-state index contributed by atoms with van der Waals surface area (Å²) in [6.07, 6.45) is -11.4. The Balaban J connectivity index is 2.52. The zero-order chi connectivity index (χ0) is 18.3. The van der Waals surface area contributed by atoms with Crippen molar-refractivity contribution in [1.82, 2.24) is 0 Å². The topological polar surface area (TPSA) is 54.4 Å². The maximum atomic E-state index is 12.5. The number of alkyl halides is 6. The third kappa shape index (κ3) is 3.19. The first kappa shape index (κ1) is 17.8. The summed E-state index contributed by atoms with van der Waals surface area (Å²) in [7, 11) is 0. The molecule has 0 unspecified atom stereocenters. The number of ketones is 2. The van der Waals surface area contributed by atoms with Crippen molar-refractivity contribution in [2.45, 2.75) is 12.4 Å². The molecule has 1 N–H and O–H groups in total. The molecule has 0 radical (unpaired) electrons. The van der Waals surface area contributed by atoms with Gasteiger partial charge in [0.05, 0.1) is 5.57 Å². The maximum absolute atomic E-state index is 12.5. The highest BCUT2D eigenvalue weighted by atomic mass is 19.4. The van der Waals surface area contributed by atoms with Gasteiger partial charge in [-0.05, 0) is 0 Å². The van der Waals surface area contributed by atoms with Crippen LogP contribution in [0.4, 0.5) is 26.3 Å². The van der Waals surface area contributed by atoms with Crippen molar-refractivity contribution in [3.63, 3.8) is 0 Å². The smallest absolute Gasteiger partial charge is 0.403 e. The summed E-state index contributed by atoms with van der Waals surface area (Å²) in [5.74, 6) is -7.19. The number of allylic oxidation sites excluding steroid dienone is 3. The second-order valence-corrected chi connectivity index (χ2v) is 4.89. The van der Waals surface area contributed by atoms with Gasteiger partial charge in [0.1, 0.15) is 5.76 Å². The number of benzene rings is 1. The molecule has 128 valence electrons. The van der Waals surface area contributed by atoms with Gasteiger partial charge in [-0.2, -0.15) is 26.3 Å². The van der Waals surface area contributed by atoms with Crippen LogP contribution in [0.1, 0.15) is 15.9 Å². The first-order valence-corrected chi connectivity index (χ1v) is 6.38. The molecule has 0 atom stereocenters. The molecule has 0 fully saturated rings. The van der Waals surface area contributed by atoms with Crippen molar-refractivity contribution in [3.8, 4) is 0 Å². The first-order valence-electron chi connectivity index (χ1n) is 6.38. The molecule has 9 heteroatoms. The fourth-order valence-corrected chi connectivity index (χ4v) is 2.14. The van der Waals surface area contributed by atoms with Crippen LogP contribution in [0.15, 0.2) is 42.0 Å². The Labute approximate surface area is 130 Å². The van der Waals surface area contributed by atoms with E-state index in [2.05, 4.69) is 0 Å². The third-order valence-electron chi connectivity index (χ3n) is 3.29. The zero-order valence-corrected chi connectivity index (χ0v) is 11.6. The molecule has 1 aromatic carbocycles. The lowest BCUT2D eigenvalue weighted by Crippen LogP contribution is -2.35. The van der Waals surface area contributed by atoms with Crippen LogP contribution in [0, 0.1) is 5.92 Å². The van der Waals surface area contributed by atoms with Gasteiger partial charge in [0.25, 0.3) is 0 Å². The fraction of sp³-hybridized carbons (Fsp3) is 0.200. The van der Waals surface area contributed by atoms with Crippen LogP contribution in [-0.4, -0.2) is 29.0 Å². The van der Waals surface area contributed by atoms with Crippen LogP contribution in [0.25, 0.3) is 5.76 Å². The lowest BCUT2D eigenvalue weighted by molar-refractivity contribution is -0.267. The van der Waals surface area contributed by atoms with E-state index in [4.69, 9.17) is 0 Å². The van der Waals surface area contributed by atoms with Crippen LogP contribution in [0.2, 0.25) is 0 Å². The molecule has 0 saturated heterocycles. The van der Waals surface area contributed by atoms with E-state index in [1.165, 1.54) is 24.3 Å². The van der Waals surface area contributed by atoms with Crippen molar-refractivity contribution < 1.29 is 41.0 Å². The fourth-order valence-electron chi connectivity index (χ4n) is 2.14. The molecule has 0 aromatic heterocycles. The molecule has 1 aliphatic rings. The van der Waals surface area contributed by atoms with E-state index in [0.29, 0.717) is 0 Å². The maximum Gasteiger partial charge on any atom is 0.403 e. The Hall–Kier alpha value is -2.58.